The van der Waals surface area contributed by atoms with Gasteiger partial charge in [-0.3, -0.25) is 4.79 Å². The van der Waals surface area contributed by atoms with Gasteiger partial charge in [-0.25, -0.2) is 4.39 Å². The van der Waals surface area contributed by atoms with Crippen molar-refractivity contribution in [3.05, 3.63) is 63.4 Å². The van der Waals surface area contributed by atoms with E-state index in [1.54, 1.807) is 31.2 Å². The second kappa shape index (κ2) is 4.90. The molecule has 2 aromatic rings. The minimum atomic E-state index is -0.415. The normalized spacial score (nSPS) is 10.4. The monoisotopic (exact) mass is 307 g/mol. The predicted molar refractivity (Wildman–Crippen MR) is 73.1 cm³/mol. The number of ketones is 1. The number of benzene rings is 2. The molecule has 0 aliphatic heterocycles. The highest BCUT2D eigenvalue weighted by atomic mass is 79.9. The van der Waals surface area contributed by atoms with Gasteiger partial charge in [0.1, 0.15) is 5.82 Å². The summed E-state index contributed by atoms with van der Waals surface area (Å²) in [5.74, 6) is -0.660. The molecule has 0 spiro atoms. The van der Waals surface area contributed by atoms with E-state index >= 15 is 0 Å². The fourth-order valence-electron chi connectivity index (χ4n) is 1.78. The summed E-state index contributed by atoms with van der Waals surface area (Å²) < 4.78 is 14.0. The highest BCUT2D eigenvalue weighted by molar-refractivity contribution is 9.10. The van der Waals surface area contributed by atoms with Crippen LogP contribution in [0.1, 0.15) is 21.5 Å². The molecule has 0 unspecified atom stereocenters. The molecular weight excluding hydrogens is 297 g/mol. The van der Waals surface area contributed by atoms with Gasteiger partial charge in [-0.15, -0.1) is 0 Å². The molecule has 92 valence electrons. The zero-order valence-corrected chi connectivity index (χ0v) is 11.3. The number of hydrogen-bond acceptors (Lipinski definition) is 2. The maximum absolute atomic E-state index is 13.3. The third-order valence-corrected chi connectivity index (χ3v) is 2.94. The SMILES string of the molecule is Cc1cc(F)cc(C(=O)c2cc(N)cc(Br)c2)c1. The number of hydrogen-bond donors (Lipinski definition) is 1. The van der Waals surface area contributed by atoms with Crippen LogP contribution < -0.4 is 5.73 Å². The Bertz CT molecular complexity index is 531. The highest BCUT2D eigenvalue weighted by Gasteiger charge is 2.12. The Morgan fingerprint density at radius 2 is 1.78 bits per heavy atom. The lowest BCUT2D eigenvalue weighted by Crippen LogP contribution is -2.03. The molecule has 0 atom stereocenters. The lowest BCUT2D eigenvalue weighted by molar-refractivity contribution is 0.103. The van der Waals surface area contributed by atoms with E-state index in [1.165, 1.54) is 12.1 Å². The Balaban J connectivity index is 2.47. The van der Waals surface area contributed by atoms with Crippen molar-refractivity contribution in [1.29, 1.82) is 0 Å². The Kier molecular flexibility index (Phi) is 3.48. The van der Waals surface area contributed by atoms with Crippen molar-refractivity contribution < 1.29 is 9.18 Å². The number of nitrogen functional groups attached to an aromatic ring is 1. The predicted octanol–water partition coefficient (Wildman–Crippen LogP) is 3.71. The summed E-state index contributed by atoms with van der Waals surface area (Å²) >= 11 is 3.28. The average Bonchev–Trinajstić information content (AvgIpc) is 2.25. The van der Waals surface area contributed by atoms with Gasteiger partial charge in [0.15, 0.2) is 5.78 Å². The van der Waals surface area contributed by atoms with Gasteiger partial charge >= 0.3 is 0 Å². The summed E-state index contributed by atoms with van der Waals surface area (Å²) in [5.41, 5.74) is 7.64. The van der Waals surface area contributed by atoms with Crippen molar-refractivity contribution >= 4 is 27.4 Å². The van der Waals surface area contributed by atoms with E-state index in [-0.39, 0.29) is 5.78 Å². The molecule has 2 N–H and O–H groups in total. The molecule has 0 radical (unpaired) electrons. The average molecular weight is 308 g/mol. The number of aryl methyl sites for hydroxylation is 1. The minimum absolute atomic E-state index is 0.245. The number of halogens is 2. The van der Waals surface area contributed by atoms with E-state index in [4.69, 9.17) is 5.73 Å². The fourth-order valence-corrected chi connectivity index (χ4v) is 2.29. The van der Waals surface area contributed by atoms with Crippen LogP contribution in [0.4, 0.5) is 10.1 Å². The van der Waals surface area contributed by atoms with E-state index in [1.807, 2.05) is 0 Å². The number of carbonyl (C=O) groups is 1. The quantitative estimate of drug-likeness (QED) is 0.679. The topological polar surface area (TPSA) is 43.1 Å². The Morgan fingerprint density at radius 3 is 2.39 bits per heavy atom. The van der Waals surface area contributed by atoms with Crippen LogP contribution in [0, 0.1) is 12.7 Å². The van der Waals surface area contributed by atoms with Crippen molar-refractivity contribution in [2.45, 2.75) is 6.92 Å². The summed E-state index contributed by atoms with van der Waals surface area (Å²) in [6, 6.07) is 9.21. The molecule has 2 rings (SSSR count). The lowest BCUT2D eigenvalue weighted by Gasteiger charge is -2.05. The summed E-state index contributed by atoms with van der Waals surface area (Å²) in [5, 5.41) is 0. The first-order chi connectivity index (χ1) is 8.45. The van der Waals surface area contributed by atoms with E-state index < -0.39 is 5.82 Å². The van der Waals surface area contributed by atoms with Crippen LogP contribution in [0.5, 0.6) is 0 Å². The number of anilines is 1. The zero-order valence-electron chi connectivity index (χ0n) is 9.71. The molecule has 0 heterocycles. The second-order valence-electron chi connectivity index (χ2n) is 4.12. The Labute approximate surface area is 113 Å². The van der Waals surface area contributed by atoms with Crippen LogP contribution >= 0.6 is 15.9 Å². The molecule has 0 bridgehead atoms. The molecule has 18 heavy (non-hydrogen) atoms. The van der Waals surface area contributed by atoms with Crippen LogP contribution in [0.25, 0.3) is 0 Å². The van der Waals surface area contributed by atoms with Gasteiger partial charge in [0, 0.05) is 21.3 Å². The standard InChI is InChI=1S/C14H11BrFNO/c1-8-2-9(5-12(16)3-8)14(18)10-4-11(15)7-13(17)6-10/h2-7H,17H2,1H3. The molecule has 4 heteroatoms. The molecular formula is C14H11BrFNO. The van der Waals surface area contributed by atoms with Gasteiger partial charge in [-0.05, 0) is 48.9 Å². The zero-order chi connectivity index (χ0) is 13.3. The fraction of sp³-hybridized carbons (Fsp3) is 0.0714. The minimum Gasteiger partial charge on any atom is -0.399 e. The molecule has 0 amide bonds. The number of carbonyl (C=O) groups excluding carboxylic acids is 1. The van der Waals surface area contributed by atoms with Gasteiger partial charge in [0.2, 0.25) is 0 Å². The van der Waals surface area contributed by atoms with Gasteiger partial charge < -0.3 is 5.73 Å². The number of rotatable bonds is 2. The maximum atomic E-state index is 13.3. The molecule has 0 saturated carbocycles. The van der Waals surface area contributed by atoms with E-state index in [0.29, 0.717) is 22.4 Å². The first-order valence-electron chi connectivity index (χ1n) is 5.33. The maximum Gasteiger partial charge on any atom is 0.193 e. The first-order valence-corrected chi connectivity index (χ1v) is 6.13. The van der Waals surface area contributed by atoms with Crippen LogP contribution in [-0.4, -0.2) is 5.78 Å². The van der Waals surface area contributed by atoms with Crippen LogP contribution in [0.15, 0.2) is 40.9 Å². The van der Waals surface area contributed by atoms with Crippen molar-refractivity contribution in [2.75, 3.05) is 5.73 Å². The third kappa shape index (κ3) is 2.76. The molecule has 0 aliphatic rings. The Hall–Kier alpha value is -1.68. The van der Waals surface area contributed by atoms with Gasteiger partial charge in [-0.2, -0.15) is 0 Å². The second-order valence-corrected chi connectivity index (χ2v) is 5.04. The summed E-state index contributed by atoms with van der Waals surface area (Å²) in [6.07, 6.45) is 0. The van der Waals surface area contributed by atoms with Gasteiger partial charge in [-0.1, -0.05) is 15.9 Å². The first kappa shape index (κ1) is 12.8. The molecule has 2 aromatic carbocycles. The molecule has 0 saturated heterocycles. The van der Waals surface area contributed by atoms with E-state index in [0.717, 1.165) is 4.47 Å². The van der Waals surface area contributed by atoms with Crippen LogP contribution in [0.2, 0.25) is 0 Å². The van der Waals surface area contributed by atoms with Crippen molar-refractivity contribution in [2.24, 2.45) is 0 Å². The molecule has 0 aliphatic carbocycles. The molecule has 0 aromatic heterocycles. The van der Waals surface area contributed by atoms with Gasteiger partial charge in [0.25, 0.3) is 0 Å². The van der Waals surface area contributed by atoms with Crippen LogP contribution in [0.3, 0.4) is 0 Å². The van der Waals surface area contributed by atoms with Crippen molar-refractivity contribution in [3.63, 3.8) is 0 Å². The van der Waals surface area contributed by atoms with Crippen LogP contribution in [-0.2, 0) is 0 Å². The largest absolute Gasteiger partial charge is 0.399 e. The third-order valence-electron chi connectivity index (χ3n) is 2.49. The van der Waals surface area contributed by atoms with E-state index in [2.05, 4.69) is 15.9 Å². The smallest absolute Gasteiger partial charge is 0.193 e. The Morgan fingerprint density at radius 1 is 1.11 bits per heavy atom. The summed E-state index contributed by atoms with van der Waals surface area (Å²) in [4.78, 5) is 12.2. The van der Waals surface area contributed by atoms with Gasteiger partial charge in [0.05, 0.1) is 0 Å². The van der Waals surface area contributed by atoms with E-state index in [9.17, 15) is 9.18 Å². The summed E-state index contributed by atoms with van der Waals surface area (Å²) in [7, 11) is 0. The van der Waals surface area contributed by atoms with Crippen molar-refractivity contribution in [3.8, 4) is 0 Å². The molecule has 0 fully saturated rings. The number of nitrogens with two attached hydrogens (primary N) is 1. The summed E-state index contributed by atoms with van der Waals surface area (Å²) in [6.45, 7) is 1.75. The molecule has 2 nitrogen and oxygen atoms in total. The van der Waals surface area contributed by atoms with Crippen molar-refractivity contribution in [1.82, 2.24) is 0 Å². The highest BCUT2D eigenvalue weighted by Crippen LogP contribution is 2.20. The lowest BCUT2D eigenvalue weighted by atomic mass is 10.0.